The van der Waals surface area contributed by atoms with Crippen LogP contribution in [0.15, 0.2) is 89.8 Å². The van der Waals surface area contributed by atoms with Crippen molar-refractivity contribution in [3.05, 3.63) is 94.1 Å². The number of benzene rings is 3. The Hall–Kier alpha value is -2.92. The maximum absolute atomic E-state index is 13.9. The van der Waals surface area contributed by atoms with Gasteiger partial charge in [0.25, 0.3) is 10.0 Å². The molecular weight excluding hydrogens is 613 g/mol. The maximum atomic E-state index is 13.9. The highest BCUT2D eigenvalue weighted by Gasteiger charge is 2.33. The minimum Gasteiger partial charge on any atom is -0.354 e. The molecule has 2 amide bonds. The molecule has 0 unspecified atom stereocenters. The molecule has 0 heterocycles. The summed E-state index contributed by atoms with van der Waals surface area (Å²) in [6.07, 6.45) is 2.17. The number of rotatable bonds is 13. The highest BCUT2D eigenvalue weighted by atomic mass is 127. The van der Waals surface area contributed by atoms with Crippen molar-refractivity contribution in [3.8, 4) is 0 Å². The lowest BCUT2D eigenvalue weighted by Crippen LogP contribution is -2.52. The van der Waals surface area contributed by atoms with Crippen LogP contribution in [0.1, 0.15) is 38.7 Å². The van der Waals surface area contributed by atoms with Gasteiger partial charge < -0.3 is 10.2 Å². The molecule has 0 aliphatic carbocycles. The number of carbonyl (C=O) groups is 2. The molecule has 38 heavy (non-hydrogen) atoms. The largest absolute Gasteiger partial charge is 0.354 e. The van der Waals surface area contributed by atoms with Crippen LogP contribution in [-0.4, -0.2) is 44.3 Å². The van der Waals surface area contributed by atoms with Gasteiger partial charge in [-0.1, -0.05) is 68.8 Å². The smallest absolute Gasteiger partial charge is 0.264 e. The number of nitrogens with one attached hydrogen (secondary N) is 1. The van der Waals surface area contributed by atoms with Gasteiger partial charge in [-0.25, -0.2) is 8.42 Å². The molecule has 9 heteroatoms. The summed E-state index contributed by atoms with van der Waals surface area (Å²) in [6.45, 7) is 4.17. The molecule has 1 atom stereocenters. The zero-order chi connectivity index (χ0) is 27.5. The van der Waals surface area contributed by atoms with E-state index in [0.717, 1.165) is 26.3 Å². The first kappa shape index (κ1) is 29.6. The van der Waals surface area contributed by atoms with Crippen LogP contribution in [-0.2, 0) is 26.2 Å². The molecule has 0 spiro atoms. The van der Waals surface area contributed by atoms with Crippen molar-refractivity contribution in [1.29, 1.82) is 0 Å². The van der Waals surface area contributed by atoms with Crippen molar-refractivity contribution < 1.29 is 18.0 Å². The summed E-state index contributed by atoms with van der Waals surface area (Å²) in [5.74, 6) is -0.693. The maximum Gasteiger partial charge on any atom is 0.264 e. The molecule has 7 nitrogen and oxygen atoms in total. The van der Waals surface area contributed by atoms with Gasteiger partial charge in [0.15, 0.2) is 0 Å². The summed E-state index contributed by atoms with van der Waals surface area (Å²) in [4.78, 5) is 28.7. The summed E-state index contributed by atoms with van der Waals surface area (Å²) >= 11 is 2.15. The third kappa shape index (κ3) is 7.80. The number of unbranched alkanes of at least 4 members (excludes halogenated alkanes) is 1. The van der Waals surface area contributed by atoms with Crippen LogP contribution in [0.25, 0.3) is 0 Å². The first-order valence-corrected chi connectivity index (χ1v) is 15.2. The van der Waals surface area contributed by atoms with Crippen molar-refractivity contribution in [2.24, 2.45) is 0 Å². The number of sulfonamides is 1. The van der Waals surface area contributed by atoms with E-state index in [1.165, 1.54) is 17.0 Å². The lowest BCUT2D eigenvalue weighted by Gasteiger charge is -2.33. The number of anilines is 1. The van der Waals surface area contributed by atoms with E-state index in [4.69, 9.17) is 0 Å². The van der Waals surface area contributed by atoms with Crippen LogP contribution in [0.3, 0.4) is 0 Å². The van der Waals surface area contributed by atoms with E-state index in [0.29, 0.717) is 18.7 Å². The highest BCUT2D eigenvalue weighted by Crippen LogP contribution is 2.25. The molecule has 0 radical (unpaired) electrons. The molecule has 0 aliphatic rings. The predicted octanol–water partition coefficient (Wildman–Crippen LogP) is 5.21. The van der Waals surface area contributed by atoms with Crippen LogP contribution in [0.2, 0.25) is 0 Å². The fourth-order valence-electron chi connectivity index (χ4n) is 4.06. The van der Waals surface area contributed by atoms with Gasteiger partial charge in [0.1, 0.15) is 12.6 Å². The Morgan fingerprint density at radius 1 is 0.895 bits per heavy atom. The van der Waals surface area contributed by atoms with Crippen LogP contribution in [0, 0.1) is 3.57 Å². The average molecular weight is 648 g/mol. The third-order valence-corrected chi connectivity index (χ3v) is 8.64. The van der Waals surface area contributed by atoms with Gasteiger partial charge in [-0.2, -0.15) is 0 Å². The standard InChI is InChI=1S/C29H34IN3O4S/c1-3-5-20-31-29(35)27(4-2)32(21-23-12-8-6-9-13-23)28(34)22-33(25-18-16-24(30)17-19-25)38(36,37)26-14-10-7-11-15-26/h6-19,27H,3-5,20-22H2,1-2H3,(H,31,35)/t27-/m0/s1. The molecule has 0 fully saturated rings. The zero-order valence-electron chi connectivity index (χ0n) is 21.7. The Bertz CT molecular complexity index is 1290. The van der Waals surface area contributed by atoms with Crippen LogP contribution < -0.4 is 9.62 Å². The van der Waals surface area contributed by atoms with Gasteiger partial charge in [0.05, 0.1) is 10.6 Å². The topological polar surface area (TPSA) is 86.8 Å². The monoisotopic (exact) mass is 647 g/mol. The number of halogens is 1. The molecule has 0 saturated heterocycles. The van der Waals surface area contributed by atoms with Gasteiger partial charge in [-0.15, -0.1) is 0 Å². The molecule has 3 aromatic carbocycles. The Kier molecular flexibility index (Phi) is 11.1. The molecule has 1 N–H and O–H groups in total. The van der Waals surface area contributed by atoms with E-state index in [2.05, 4.69) is 27.9 Å². The van der Waals surface area contributed by atoms with Crippen molar-refractivity contribution in [2.75, 3.05) is 17.4 Å². The van der Waals surface area contributed by atoms with Crippen molar-refractivity contribution in [3.63, 3.8) is 0 Å². The van der Waals surface area contributed by atoms with Gasteiger partial charge in [0, 0.05) is 16.7 Å². The fraction of sp³-hybridized carbons (Fsp3) is 0.310. The molecule has 3 aromatic rings. The highest BCUT2D eigenvalue weighted by molar-refractivity contribution is 14.1. The molecule has 0 aromatic heterocycles. The average Bonchev–Trinajstić information content (AvgIpc) is 2.93. The van der Waals surface area contributed by atoms with Crippen molar-refractivity contribution >= 4 is 50.1 Å². The number of hydrogen-bond donors (Lipinski definition) is 1. The van der Waals surface area contributed by atoms with Crippen LogP contribution >= 0.6 is 22.6 Å². The Balaban J connectivity index is 2.00. The fourth-order valence-corrected chi connectivity index (χ4v) is 5.86. The van der Waals surface area contributed by atoms with E-state index in [1.54, 1.807) is 42.5 Å². The summed E-state index contributed by atoms with van der Waals surface area (Å²) < 4.78 is 29.6. The minimum absolute atomic E-state index is 0.0882. The zero-order valence-corrected chi connectivity index (χ0v) is 24.7. The van der Waals surface area contributed by atoms with Gasteiger partial charge in [-0.05, 0) is 77.4 Å². The molecule has 202 valence electrons. The lowest BCUT2D eigenvalue weighted by atomic mass is 10.1. The van der Waals surface area contributed by atoms with E-state index in [1.807, 2.05) is 44.2 Å². The Morgan fingerprint density at radius 3 is 2.08 bits per heavy atom. The Labute approximate surface area is 239 Å². The second-order valence-corrected chi connectivity index (χ2v) is 12.0. The summed E-state index contributed by atoms with van der Waals surface area (Å²) in [6, 6.07) is 23.7. The van der Waals surface area contributed by atoms with Crippen molar-refractivity contribution in [1.82, 2.24) is 10.2 Å². The van der Waals surface area contributed by atoms with Crippen LogP contribution in [0.4, 0.5) is 5.69 Å². The van der Waals surface area contributed by atoms with Crippen LogP contribution in [0.5, 0.6) is 0 Å². The molecule has 0 bridgehead atoms. The number of nitrogens with zero attached hydrogens (tertiary/aromatic N) is 2. The van der Waals surface area contributed by atoms with Gasteiger partial charge in [0.2, 0.25) is 11.8 Å². The van der Waals surface area contributed by atoms with Crippen molar-refractivity contribution in [2.45, 2.75) is 50.6 Å². The quantitative estimate of drug-likeness (QED) is 0.204. The summed E-state index contributed by atoms with van der Waals surface area (Å²) in [7, 11) is -4.06. The van der Waals surface area contributed by atoms with E-state index in [-0.39, 0.29) is 17.3 Å². The van der Waals surface area contributed by atoms with E-state index < -0.39 is 28.5 Å². The third-order valence-electron chi connectivity index (χ3n) is 6.14. The first-order chi connectivity index (χ1) is 18.3. The number of carbonyl (C=O) groups excluding carboxylic acids is 2. The molecule has 0 saturated carbocycles. The second kappa shape index (κ2) is 14.3. The predicted molar refractivity (Wildman–Crippen MR) is 159 cm³/mol. The first-order valence-electron chi connectivity index (χ1n) is 12.7. The lowest BCUT2D eigenvalue weighted by molar-refractivity contribution is -0.140. The molecular formula is C29H34IN3O4S. The van der Waals surface area contributed by atoms with Gasteiger partial charge in [-0.3, -0.25) is 13.9 Å². The van der Waals surface area contributed by atoms with Gasteiger partial charge >= 0.3 is 0 Å². The molecule has 3 rings (SSSR count). The summed E-state index contributed by atoms with van der Waals surface area (Å²) in [5, 5.41) is 2.94. The summed E-state index contributed by atoms with van der Waals surface area (Å²) in [5.41, 5.74) is 1.23. The minimum atomic E-state index is -4.06. The SMILES string of the molecule is CCCCNC(=O)[C@H](CC)N(Cc1ccccc1)C(=O)CN(c1ccc(I)cc1)S(=O)(=O)c1ccccc1. The number of hydrogen-bond acceptors (Lipinski definition) is 4. The second-order valence-electron chi connectivity index (χ2n) is 8.88. The normalized spacial score (nSPS) is 12.0. The Morgan fingerprint density at radius 2 is 1.50 bits per heavy atom. The number of amides is 2. The molecule has 0 aliphatic heterocycles. The van der Waals surface area contributed by atoms with E-state index >= 15 is 0 Å². The van der Waals surface area contributed by atoms with E-state index in [9.17, 15) is 18.0 Å².